The van der Waals surface area contributed by atoms with Crippen molar-refractivity contribution < 1.29 is 9.47 Å². The van der Waals surface area contributed by atoms with Crippen LogP contribution >= 0.6 is 0 Å². The molecule has 0 aliphatic heterocycles. The second-order valence-corrected chi connectivity index (χ2v) is 4.02. The molecule has 1 aromatic carbocycles. The van der Waals surface area contributed by atoms with Crippen LogP contribution in [0, 0.1) is 0 Å². The highest BCUT2D eigenvalue weighted by molar-refractivity contribution is 5.28. The molecule has 96 valence electrons. The number of methoxy groups -OCH3 is 1. The lowest BCUT2D eigenvalue weighted by Crippen LogP contribution is -2.31. The minimum atomic E-state index is 0.413. The second kappa shape index (κ2) is 8.09. The summed E-state index contributed by atoms with van der Waals surface area (Å²) in [5.74, 6) is 0.937. The summed E-state index contributed by atoms with van der Waals surface area (Å²) in [6, 6.07) is 8.61. The predicted octanol–water partition coefficient (Wildman–Crippen LogP) is 2.60. The molecule has 0 saturated carbocycles. The standard InChI is InChI=1S/C14H23NO2/c1-4-13(11-16-3)15-10-12-7-6-8-14(9-12)17-5-2/h6-9,13,15H,4-5,10-11H2,1-3H3. The van der Waals surface area contributed by atoms with Gasteiger partial charge in [-0.15, -0.1) is 0 Å². The molecule has 1 unspecified atom stereocenters. The summed E-state index contributed by atoms with van der Waals surface area (Å²) in [4.78, 5) is 0. The summed E-state index contributed by atoms with van der Waals surface area (Å²) in [7, 11) is 1.74. The summed E-state index contributed by atoms with van der Waals surface area (Å²) >= 11 is 0. The Morgan fingerprint density at radius 1 is 1.29 bits per heavy atom. The Labute approximate surface area is 104 Å². The summed E-state index contributed by atoms with van der Waals surface area (Å²) < 4.78 is 10.6. The molecule has 17 heavy (non-hydrogen) atoms. The third kappa shape index (κ3) is 5.20. The molecule has 0 radical (unpaired) electrons. The maximum Gasteiger partial charge on any atom is 0.119 e. The van der Waals surface area contributed by atoms with E-state index in [-0.39, 0.29) is 0 Å². The van der Waals surface area contributed by atoms with E-state index in [1.807, 2.05) is 19.1 Å². The van der Waals surface area contributed by atoms with Gasteiger partial charge < -0.3 is 14.8 Å². The monoisotopic (exact) mass is 237 g/mol. The summed E-state index contributed by atoms with van der Waals surface area (Å²) in [5.41, 5.74) is 1.24. The van der Waals surface area contributed by atoms with E-state index >= 15 is 0 Å². The van der Waals surface area contributed by atoms with Crippen LogP contribution in [0.15, 0.2) is 24.3 Å². The predicted molar refractivity (Wildman–Crippen MR) is 70.4 cm³/mol. The van der Waals surface area contributed by atoms with E-state index in [0.717, 1.165) is 25.3 Å². The van der Waals surface area contributed by atoms with E-state index in [1.165, 1.54) is 5.56 Å². The molecular weight excluding hydrogens is 214 g/mol. The van der Waals surface area contributed by atoms with Crippen LogP contribution in [0.5, 0.6) is 5.75 Å². The Balaban J connectivity index is 2.47. The molecule has 0 fully saturated rings. The molecule has 1 aromatic rings. The fraction of sp³-hybridized carbons (Fsp3) is 0.571. The van der Waals surface area contributed by atoms with E-state index < -0.39 is 0 Å². The third-order valence-electron chi connectivity index (χ3n) is 2.66. The van der Waals surface area contributed by atoms with E-state index in [9.17, 15) is 0 Å². The van der Waals surface area contributed by atoms with Crippen molar-refractivity contribution >= 4 is 0 Å². The van der Waals surface area contributed by atoms with Crippen LogP contribution in [-0.2, 0) is 11.3 Å². The molecule has 0 aliphatic carbocycles. The minimum Gasteiger partial charge on any atom is -0.494 e. The zero-order valence-electron chi connectivity index (χ0n) is 11.0. The van der Waals surface area contributed by atoms with E-state index in [0.29, 0.717) is 12.6 Å². The van der Waals surface area contributed by atoms with Crippen molar-refractivity contribution in [1.82, 2.24) is 5.32 Å². The molecule has 3 nitrogen and oxygen atoms in total. The minimum absolute atomic E-state index is 0.413. The van der Waals surface area contributed by atoms with Crippen molar-refractivity contribution in [3.8, 4) is 5.75 Å². The first-order valence-electron chi connectivity index (χ1n) is 6.24. The molecule has 0 saturated heterocycles. The van der Waals surface area contributed by atoms with E-state index in [1.54, 1.807) is 7.11 Å². The maximum absolute atomic E-state index is 5.47. The number of ether oxygens (including phenoxy) is 2. The van der Waals surface area contributed by atoms with Gasteiger partial charge in [0.15, 0.2) is 0 Å². The van der Waals surface area contributed by atoms with Gasteiger partial charge in [0, 0.05) is 19.7 Å². The lowest BCUT2D eigenvalue weighted by Gasteiger charge is -2.16. The molecule has 1 N–H and O–H groups in total. The van der Waals surface area contributed by atoms with Gasteiger partial charge in [0.2, 0.25) is 0 Å². The van der Waals surface area contributed by atoms with Crippen molar-refractivity contribution in [1.29, 1.82) is 0 Å². The molecule has 0 aliphatic rings. The van der Waals surface area contributed by atoms with Crippen molar-refractivity contribution in [2.75, 3.05) is 20.3 Å². The summed E-state index contributed by atoms with van der Waals surface area (Å²) in [6.45, 7) is 6.46. The lowest BCUT2D eigenvalue weighted by atomic mass is 10.2. The SMILES string of the molecule is CCOc1cccc(CNC(CC)COC)c1. The molecule has 3 heteroatoms. The van der Waals surface area contributed by atoms with Gasteiger partial charge in [-0.25, -0.2) is 0 Å². The van der Waals surface area contributed by atoms with Gasteiger partial charge in [-0.05, 0) is 31.0 Å². The first-order chi connectivity index (χ1) is 8.30. The fourth-order valence-corrected chi connectivity index (χ4v) is 1.70. The molecule has 0 heterocycles. The second-order valence-electron chi connectivity index (χ2n) is 4.02. The summed E-state index contributed by atoms with van der Waals surface area (Å²) in [5, 5.41) is 3.48. The lowest BCUT2D eigenvalue weighted by molar-refractivity contribution is 0.164. The Morgan fingerprint density at radius 3 is 2.76 bits per heavy atom. The Kier molecular flexibility index (Phi) is 6.67. The highest BCUT2D eigenvalue weighted by Gasteiger charge is 2.04. The van der Waals surface area contributed by atoms with Gasteiger partial charge in [-0.3, -0.25) is 0 Å². The highest BCUT2D eigenvalue weighted by Crippen LogP contribution is 2.13. The number of benzene rings is 1. The van der Waals surface area contributed by atoms with Crippen molar-refractivity contribution in [3.63, 3.8) is 0 Å². The summed E-state index contributed by atoms with van der Waals surface area (Å²) in [6.07, 6.45) is 1.07. The van der Waals surface area contributed by atoms with E-state index in [4.69, 9.17) is 9.47 Å². The van der Waals surface area contributed by atoms with Crippen LogP contribution in [0.25, 0.3) is 0 Å². The normalized spacial score (nSPS) is 12.4. The zero-order valence-corrected chi connectivity index (χ0v) is 11.0. The topological polar surface area (TPSA) is 30.5 Å². The smallest absolute Gasteiger partial charge is 0.119 e. The first kappa shape index (κ1) is 14.0. The van der Waals surface area contributed by atoms with Gasteiger partial charge in [0.05, 0.1) is 13.2 Å². The first-order valence-corrected chi connectivity index (χ1v) is 6.24. The zero-order chi connectivity index (χ0) is 12.5. The molecule has 0 bridgehead atoms. The molecular formula is C14H23NO2. The quantitative estimate of drug-likeness (QED) is 0.754. The Hall–Kier alpha value is -1.06. The number of hydrogen-bond acceptors (Lipinski definition) is 3. The highest BCUT2D eigenvalue weighted by atomic mass is 16.5. The van der Waals surface area contributed by atoms with Gasteiger partial charge in [-0.1, -0.05) is 19.1 Å². The fourth-order valence-electron chi connectivity index (χ4n) is 1.70. The van der Waals surface area contributed by atoms with Crippen molar-refractivity contribution in [2.45, 2.75) is 32.9 Å². The molecule has 0 amide bonds. The average Bonchev–Trinajstić information content (AvgIpc) is 2.35. The maximum atomic E-state index is 5.47. The van der Waals surface area contributed by atoms with Crippen LogP contribution in [0.2, 0.25) is 0 Å². The van der Waals surface area contributed by atoms with Gasteiger partial charge >= 0.3 is 0 Å². The number of nitrogens with one attached hydrogen (secondary N) is 1. The average molecular weight is 237 g/mol. The molecule has 1 rings (SSSR count). The van der Waals surface area contributed by atoms with Crippen LogP contribution in [0.3, 0.4) is 0 Å². The largest absolute Gasteiger partial charge is 0.494 e. The van der Waals surface area contributed by atoms with Crippen LogP contribution < -0.4 is 10.1 Å². The number of rotatable bonds is 8. The van der Waals surface area contributed by atoms with Gasteiger partial charge in [-0.2, -0.15) is 0 Å². The van der Waals surface area contributed by atoms with Crippen LogP contribution in [-0.4, -0.2) is 26.4 Å². The molecule has 0 aromatic heterocycles. The Morgan fingerprint density at radius 2 is 2.12 bits per heavy atom. The molecule has 0 spiro atoms. The van der Waals surface area contributed by atoms with Crippen molar-refractivity contribution in [2.24, 2.45) is 0 Å². The van der Waals surface area contributed by atoms with Gasteiger partial charge in [0.25, 0.3) is 0 Å². The number of hydrogen-bond donors (Lipinski definition) is 1. The Bertz CT molecular complexity index is 315. The van der Waals surface area contributed by atoms with Gasteiger partial charge in [0.1, 0.15) is 5.75 Å². The van der Waals surface area contributed by atoms with Crippen molar-refractivity contribution in [3.05, 3.63) is 29.8 Å². The van der Waals surface area contributed by atoms with Crippen LogP contribution in [0.4, 0.5) is 0 Å². The van der Waals surface area contributed by atoms with E-state index in [2.05, 4.69) is 24.4 Å². The van der Waals surface area contributed by atoms with Crippen LogP contribution in [0.1, 0.15) is 25.8 Å². The molecule has 1 atom stereocenters. The third-order valence-corrected chi connectivity index (χ3v) is 2.66.